The molecule has 0 aliphatic heterocycles. The van der Waals surface area contributed by atoms with E-state index in [1.807, 2.05) is 54.8 Å². The maximum atomic E-state index is 12.6. The number of aliphatic carboxylic acids is 1. The van der Waals surface area contributed by atoms with Crippen LogP contribution in [0, 0.1) is 0 Å². The number of carbonyl (C=O) groups excluding carboxylic acids is 1. The highest BCUT2D eigenvalue weighted by Gasteiger charge is 2.19. The van der Waals surface area contributed by atoms with Gasteiger partial charge in [0, 0.05) is 27.3 Å². The van der Waals surface area contributed by atoms with Crippen LogP contribution in [0.25, 0.3) is 0 Å². The second kappa shape index (κ2) is 14.3. The van der Waals surface area contributed by atoms with Gasteiger partial charge in [0.2, 0.25) is 0 Å². The fraction of sp³-hybridized carbons (Fsp3) is 0.364. The summed E-state index contributed by atoms with van der Waals surface area (Å²) < 4.78 is 0. The lowest BCUT2D eigenvalue weighted by molar-refractivity contribution is -0.137. The fourth-order valence-corrected chi connectivity index (χ4v) is 5.12. The van der Waals surface area contributed by atoms with Crippen molar-refractivity contribution in [1.29, 1.82) is 0 Å². The molecule has 5 nitrogen and oxygen atoms in total. The normalized spacial score (nSPS) is 12.7. The number of rotatable bonds is 13. The van der Waals surface area contributed by atoms with Crippen LogP contribution in [0.15, 0.2) is 70.5 Å². The van der Waals surface area contributed by atoms with Crippen LogP contribution in [0.1, 0.15) is 12.8 Å². The zero-order chi connectivity index (χ0) is 21.6. The van der Waals surface area contributed by atoms with E-state index in [9.17, 15) is 14.7 Å². The quantitative estimate of drug-likeness (QED) is 0.368. The van der Waals surface area contributed by atoms with Gasteiger partial charge < -0.3 is 15.7 Å². The lowest BCUT2D eigenvalue weighted by atomic mass is 10.2. The summed E-state index contributed by atoms with van der Waals surface area (Å²) in [5.74, 6) is 1.29. The van der Waals surface area contributed by atoms with E-state index in [0.29, 0.717) is 5.75 Å². The van der Waals surface area contributed by atoms with Crippen LogP contribution in [0.4, 0.5) is 4.79 Å². The second-order valence-electron chi connectivity index (χ2n) is 6.64. The Balaban J connectivity index is 1.88. The second-order valence-corrected chi connectivity index (χ2v) is 9.81. The minimum absolute atomic E-state index is 0.00918. The monoisotopic (exact) mass is 464 g/mol. The van der Waals surface area contributed by atoms with E-state index in [1.54, 1.807) is 23.5 Å². The third kappa shape index (κ3) is 10.3. The smallest absolute Gasteiger partial charge is 0.315 e. The van der Waals surface area contributed by atoms with Crippen LogP contribution >= 0.6 is 35.3 Å². The van der Waals surface area contributed by atoms with Crippen molar-refractivity contribution < 1.29 is 14.7 Å². The van der Waals surface area contributed by atoms with Gasteiger partial charge in [0.05, 0.1) is 12.5 Å². The van der Waals surface area contributed by atoms with Gasteiger partial charge >= 0.3 is 12.0 Å². The average Bonchev–Trinajstić information content (AvgIpc) is 2.75. The molecule has 0 radical (unpaired) electrons. The highest BCUT2D eigenvalue weighted by atomic mass is 32.2. The molecule has 2 rings (SSSR count). The standard InChI is InChI=1S/C22H28N2O3S3/c1-28-13-12-17(15-29-19-8-4-2-5-9-19)23-22(27)24-18(14-21(25)26)16-30-20-10-6-3-7-11-20/h2-11,17-18H,12-16H2,1H3,(H,25,26)(H2,23,24,27)/t17-,18+/m0/s1. The Kier molecular flexibility index (Phi) is 11.7. The molecule has 0 spiro atoms. The molecule has 2 atom stereocenters. The van der Waals surface area contributed by atoms with E-state index in [-0.39, 0.29) is 18.5 Å². The molecular formula is C22H28N2O3S3. The maximum absolute atomic E-state index is 12.6. The molecule has 3 N–H and O–H groups in total. The van der Waals surface area contributed by atoms with Crippen molar-refractivity contribution in [3.8, 4) is 0 Å². The fourth-order valence-electron chi connectivity index (χ4n) is 2.66. The zero-order valence-corrected chi connectivity index (χ0v) is 19.4. The van der Waals surface area contributed by atoms with Gasteiger partial charge in [-0.3, -0.25) is 4.79 Å². The molecule has 0 saturated heterocycles. The van der Waals surface area contributed by atoms with Gasteiger partial charge in [0.1, 0.15) is 0 Å². The number of nitrogens with one attached hydrogen (secondary N) is 2. The van der Waals surface area contributed by atoms with E-state index in [4.69, 9.17) is 0 Å². The van der Waals surface area contributed by atoms with Crippen LogP contribution in [0.2, 0.25) is 0 Å². The minimum Gasteiger partial charge on any atom is -0.481 e. The minimum atomic E-state index is -0.924. The van der Waals surface area contributed by atoms with Crippen LogP contribution in [0.3, 0.4) is 0 Å². The predicted molar refractivity (Wildman–Crippen MR) is 129 cm³/mol. The molecule has 0 aliphatic rings. The Bertz CT molecular complexity index is 763. The van der Waals surface area contributed by atoms with Crippen molar-refractivity contribution in [2.45, 2.75) is 34.7 Å². The first kappa shape index (κ1) is 24.5. The van der Waals surface area contributed by atoms with Crippen molar-refractivity contribution in [2.24, 2.45) is 0 Å². The number of thioether (sulfide) groups is 3. The van der Waals surface area contributed by atoms with Gasteiger partial charge in [0.25, 0.3) is 0 Å². The van der Waals surface area contributed by atoms with Crippen molar-refractivity contribution in [1.82, 2.24) is 10.6 Å². The molecule has 0 aliphatic carbocycles. The predicted octanol–water partition coefficient (Wildman–Crippen LogP) is 4.84. The number of benzene rings is 2. The number of carboxylic acids is 1. The van der Waals surface area contributed by atoms with E-state index in [2.05, 4.69) is 22.8 Å². The Morgan fingerprint density at radius 1 is 0.867 bits per heavy atom. The summed E-state index contributed by atoms with van der Waals surface area (Å²) >= 11 is 4.99. The molecule has 0 aromatic heterocycles. The first-order chi connectivity index (χ1) is 14.6. The SMILES string of the molecule is CSCC[C@@H](CSc1ccccc1)NC(=O)N[C@@H](CSc1ccccc1)CC(=O)O. The molecule has 30 heavy (non-hydrogen) atoms. The molecule has 0 bridgehead atoms. The van der Waals surface area contributed by atoms with Crippen molar-refractivity contribution in [3.63, 3.8) is 0 Å². The number of carbonyl (C=O) groups is 2. The van der Waals surface area contributed by atoms with Crippen LogP contribution in [0.5, 0.6) is 0 Å². The average molecular weight is 465 g/mol. The van der Waals surface area contributed by atoms with Crippen LogP contribution in [-0.2, 0) is 4.79 Å². The summed E-state index contributed by atoms with van der Waals surface area (Å²) in [5.41, 5.74) is 0. The first-order valence-corrected chi connectivity index (χ1v) is 13.1. The van der Waals surface area contributed by atoms with E-state index >= 15 is 0 Å². The Morgan fingerprint density at radius 2 is 1.37 bits per heavy atom. The molecule has 0 heterocycles. The maximum Gasteiger partial charge on any atom is 0.315 e. The molecule has 2 aromatic carbocycles. The number of urea groups is 1. The topological polar surface area (TPSA) is 78.4 Å². The number of carboxylic acid groups (broad SMARTS) is 1. The van der Waals surface area contributed by atoms with Gasteiger partial charge in [-0.15, -0.1) is 23.5 Å². The first-order valence-electron chi connectivity index (χ1n) is 9.70. The van der Waals surface area contributed by atoms with Crippen molar-refractivity contribution in [2.75, 3.05) is 23.5 Å². The van der Waals surface area contributed by atoms with E-state index < -0.39 is 12.0 Å². The zero-order valence-electron chi connectivity index (χ0n) is 17.0. The number of hydrogen-bond acceptors (Lipinski definition) is 5. The third-order valence-corrected chi connectivity index (χ3v) is 7.14. The molecule has 0 saturated carbocycles. The van der Waals surface area contributed by atoms with Gasteiger partial charge in [-0.2, -0.15) is 11.8 Å². The van der Waals surface area contributed by atoms with Crippen molar-refractivity contribution in [3.05, 3.63) is 60.7 Å². The molecule has 162 valence electrons. The summed E-state index contributed by atoms with van der Waals surface area (Å²) in [6.45, 7) is 0. The van der Waals surface area contributed by atoms with Crippen LogP contribution < -0.4 is 10.6 Å². The molecule has 2 aromatic rings. The molecule has 0 fully saturated rings. The Hall–Kier alpha value is -1.77. The van der Waals surface area contributed by atoms with Crippen molar-refractivity contribution >= 4 is 47.3 Å². The summed E-state index contributed by atoms with van der Waals surface area (Å²) in [7, 11) is 0. The molecular weight excluding hydrogens is 436 g/mol. The Labute approximate surface area is 191 Å². The highest BCUT2D eigenvalue weighted by molar-refractivity contribution is 7.99. The molecule has 0 unspecified atom stereocenters. The van der Waals surface area contributed by atoms with E-state index in [0.717, 1.165) is 27.7 Å². The summed E-state index contributed by atoms with van der Waals surface area (Å²) in [5, 5.41) is 15.1. The van der Waals surface area contributed by atoms with Gasteiger partial charge in [-0.25, -0.2) is 4.79 Å². The highest BCUT2D eigenvalue weighted by Crippen LogP contribution is 2.20. The lowest BCUT2D eigenvalue weighted by Crippen LogP contribution is -2.48. The Morgan fingerprint density at radius 3 is 1.87 bits per heavy atom. The number of amides is 2. The largest absolute Gasteiger partial charge is 0.481 e. The summed E-state index contributed by atoms with van der Waals surface area (Å²) in [4.78, 5) is 26.0. The third-order valence-electron chi connectivity index (χ3n) is 4.15. The molecule has 2 amide bonds. The summed E-state index contributed by atoms with van der Waals surface area (Å²) in [6.07, 6.45) is 2.80. The van der Waals surface area contributed by atoms with Gasteiger partial charge in [-0.05, 0) is 42.7 Å². The van der Waals surface area contributed by atoms with Crippen LogP contribution in [-0.4, -0.2) is 52.7 Å². The lowest BCUT2D eigenvalue weighted by Gasteiger charge is -2.22. The van der Waals surface area contributed by atoms with Gasteiger partial charge in [0.15, 0.2) is 0 Å². The number of hydrogen-bond donors (Lipinski definition) is 3. The van der Waals surface area contributed by atoms with Gasteiger partial charge in [-0.1, -0.05) is 36.4 Å². The molecule has 8 heteroatoms. The summed E-state index contributed by atoms with van der Waals surface area (Å²) in [6, 6.07) is 19.1. The van der Waals surface area contributed by atoms with E-state index in [1.165, 1.54) is 11.8 Å².